The third-order valence-electron chi connectivity index (χ3n) is 3.08. The summed E-state index contributed by atoms with van der Waals surface area (Å²) >= 11 is 0. The van der Waals surface area contributed by atoms with Gasteiger partial charge in [0.25, 0.3) is 0 Å². The van der Waals surface area contributed by atoms with Crippen molar-refractivity contribution in [3.05, 3.63) is 35.9 Å². The van der Waals surface area contributed by atoms with E-state index in [1.54, 1.807) is 0 Å². The van der Waals surface area contributed by atoms with E-state index in [0.29, 0.717) is 18.7 Å². The molecule has 0 radical (unpaired) electrons. The lowest BCUT2D eigenvalue weighted by Crippen LogP contribution is -2.11. The number of carbonyl (C=O) groups is 1. The molecule has 16 heavy (non-hydrogen) atoms. The van der Waals surface area contributed by atoms with Crippen LogP contribution in [0.3, 0.4) is 0 Å². The Morgan fingerprint density at radius 1 is 1.38 bits per heavy atom. The zero-order valence-corrected chi connectivity index (χ0v) is 9.72. The lowest BCUT2D eigenvalue weighted by Gasteiger charge is -2.04. The highest BCUT2D eigenvalue weighted by Gasteiger charge is 2.44. The molecule has 86 valence electrons. The Morgan fingerprint density at radius 3 is 2.69 bits per heavy atom. The van der Waals surface area contributed by atoms with Crippen LogP contribution in [0.4, 0.5) is 0 Å². The molecule has 1 aromatic carbocycles. The fourth-order valence-corrected chi connectivity index (χ4v) is 1.97. The van der Waals surface area contributed by atoms with E-state index in [1.807, 2.05) is 18.2 Å². The van der Waals surface area contributed by atoms with Gasteiger partial charge in [-0.15, -0.1) is 0 Å². The van der Waals surface area contributed by atoms with Gasteiger partial charge in [0.2, 0.25) is 0 Å². The topological polar surface area (TPSA) is 29.3 Å². The number of hydrogen-bond donors (Lipinski definition) is 0. The Balaban J connectivity index is 1.82. The Labute approximate surface area is 96.0 Å². The molecular weight excluding hydrogens is 202 g/mol. The molecule has 3 heteroatoms. The normalized spacial score (nSPS) is 27.5. The maximum absolute atomic E-state index is 10.7. The molecule has 0 bridgehead atoms. The van der Waals surface area contributed by atoms with E-state index >= 15 is 0 Å². The summed E-state index contributed by atoms with van der Waals surface area (Å²) in [6.07, 6.45) is 0. The summed E-state index contributed by atoms with van der Waals surface area (Å²) in [6.45, 7) is 5.07. The van der Waals surface area contributed by atoms with Crippen LogP contribution < -0.4 is 0 Å². The number of benzene rings is 1. The lowest BCUT2D eigenvalue weighted by molar-refractivity contribution is -0.141. The molecule has 1 aliphatic heterocycles. The van der Waals surface area contributed by atoms with Crippen molar-refractivity contribution in [3.8, 4) is 0 Å². The van der Waals surface area contributed by atoms with Crippen molar-refractivity contribution >= 4 is 5.97 Å². The van der Waals surface area contributed by atoms with E-state index in [2.05, 4.69) is 24.0 Å². The van der Waals surface area contributed by atoms with Crippen LogP contribution in [0, 0.1) is 0 Å². The first kappa shape index (κ1) is 11.1. The molecule has 3 atom stereocenters. The summed E-state index contributed by atoms with van der Waals surface area (Å²) in [7, 11) is 0. The van der Waals surface area contributed by atoms with E-state index in [9.17, 15) is 4.79 Å². The number of hydrogen-bond acceptors (Lipinski definition) is 3. The van der Waals surface area contributed by atoms with Crippen LogP contribution in [0.25, 0.3) is 0 Å². The average molecular weight is 219 g/mol. The monoisotopic (exact) mass is 219 g/mol. The highest BCUT2D eigenvalue weighted by atomic mass is 16.5. The predicted molar refractivity (Wildman–Crippen MR) is 61.9 cm³/mol. The Morgan fingerprint density at radius 2 is 2.06 bits per heavy atom. The maximum atomic E-state index is 10.7. The van der Waals surface area contributed by atoms with Gasteiger partial charge in [0.15, 0.2) is 0 Å². The number of esters is 1. The second-order valence-electron chi connectivity index (χ2n) is 4.27. The molecule has 1 fully saturated rings. The highest BCUT2D eigenvalue weighted by Crippen LogP contribution is 2.30. The van der Waals surface area contributed by atoms with Crippen molar-refractivity contribution in [1.82, 2.24) is 4.90 Å². The number of carbonyl (C=O) groups excluding carboxylic acids is 1. The zero-order valence-electron chi connectivity index (χ0n) is 9.72. The largest absolute Gasteiger partial charge is 0.464 e. The Bertz CT molecular complexity index is 363. The highest BCUT2D eigenvalue weighted by molar-refractivity contribution is 5.65. The van der Waals surface area contributed by atoms with Gasteiger partial charge in [-0.1, -0.05) is 30.3 Å². The molecule has 3 nitrogen and oxygen atoms in total. The molecule has 0 aliphatic carbocycles. The van der Waals surface area contributed by atoms with Gasteiger partial charge in [0.1, 0.15) is 6.61 Å². The molecule has 1 aliphatic rings. The molecule has 1 heterocycles. The molecule has 0 amide bonds. The predicted octanol–water partition coefficient (Wildman–Crippen LogP) is 1.82. The second-order valence-corrected chi connectivity index (χ2v) is 4.27. The molecular formula is C13H17NO2. The Hall–Kier alpha value is -1.35. The first-order valence-electron chi connectivity index (χ1n) is 5.61. The van der Waals surface area contributed by atoms with Crippen molar-refractivity contribution in [1.29, 1.82) is 0 Å². The number of nitrogens with zero attached hydrogens (tertiary/aromatic N) is 1. The molecule has 1 saturated heterocycles. The molecule has 0 N–H and O–H groups in total. The van der Waals surface area contributed by atoms with Gasteiger partial charge in [0, 0.05) is 19.5 Å². The molecule has 0 spiro atoms. The SMILES string of the molecule is CC(=O)OC[C@H]1[C@@H](C)N1Cc1ccccc1. The summed E-state index contributed by atoms with van der Waals surface area (Å²) in [5.41, 5.74) is 1.31. The minimum absolute atomic E-state index is 0.196. The summed E-state index contributed by atoms with van der Waals surface area (Å²) in [4.78, 5) is 13.0. The fourth-order valence-electron chi connectivity index (χ4n) is 1.97. The third kappa shape index (κ3) is 2.61. The average Bonchev–Trinajstić information content (AvgIpc) is 2.87. The molecule has 1 unspecified atom stereocenters. The van der Waals surface area contributed by atoms with Crippen LogP contribution >= 0.6 is 0 Å². The second kappa shape index (κ2) is 4.66. The van der Waals surface area contributed by atoms with Crippen molar-refractivity contribution < 1.29 is 9.53 Å². The van der Waals surface area contributed by atoms with E-state index in [1.165, 1.54) is 12.5 Å². The quantitative estimate of drug-likeness (QED) is 0.571. The first-order chi connectivity index (χ1) is 7.68. The van der Waals surface area contributed by atoms with Crippen LogP contribution in [-0.4, -0.2) is 29.6 Å². The van der Waals surface area contributed by atoms with Crippen LogP contribution in [0.5, 0.6) is 0 Å². The van der Waals surface area contributed by atoms with Gasteiger partial charge in [0.05, 0.1) is 6.04 Å². The van der Waals surface area contributed by atoms with Crippen LogP contribution in [-0.2, 0) is 16.1 Å². The van der Waals surface area contributed by atoms with E-state index < -0.39 is 0 Å². The summed E-state index contributed by atoms with van der Waals surface area (Å²) in [6, 6.07) is 11.3. The smallest absolute Gasteiger partial charge is 0.302 e. The van der Waals surface area contributed by atoms with Gasteiger partial charge in [-0.3, -0.25) is 9.69 Å². The number of ether oxygens (including phenoxy) is 1. The van der Waals surface area contributed by atoms with Gasteiger partial charge in [-0.2, -0.15) is 0 Å². The fraction of sp³-hybridized carbons (Fsp3) is 0.462. The molecule has 2 rings (SSSR count). The lowest BCUT2D eigenvalue weighted by atomic mass is 10.2. The molecule has 1 aromatic rings. The summed E-state index contributed by atoms with van der Waals surface area (Å²) < 4.78 is 5.02. The van der Waals surface area contributed by atoms with Crippen LogP contribution in [0.2, 0.25) is 0 Å². The molecule has 0 saturated carbocycles. The van der Waals surface area contributed by atoms with Crippen LogP contribution in [0.15, 0.2) is 30.3 Å². The Kier molecular flexibility index (Phi) is 3.25. The van der Waals surface area contributed by atoms with Crippen molar-refractivity contribution in [3.63, 3.8) is 0 Å². The minimum atomic E-state index is -0.196. The third-order valence-corrected chi connectivity index (χ3v) is 3.08. The minimum Gasteiger partial charge on any atom is -0.464 e. The van der Waals surface area contributed by atoms with Crippen LogP contribution in [0.1, 0.15) is 19.4 Å². The number of rotatable bonds is 4. The van der Waals surface area contributed by atoms with E-state index in [0.717, 1.165) is 6.54 Å². The van der Waals surface area contributed by atoms with Gasteiger partial charge in [-0.05, 0) is 12.5 Å². The van der Waals surface area contributed by atoms with E-state index in [-0.39, 0.29) is 5.97 Å². The van der Waals surface area contributed by atoms with Gasteiger partial charge < -0.3 is 4.74 Å². The van der Waals surface area contributed by atoms with E-state index in [4.69, 9.17) is 4.74 Å². The summed E-state index contributed by atoms with van der Waals surface area (Å²) in [5, 5.41) is 0. The van der Waals surface area contributed by atoms with Crippen molar-refractivity contribution in [2.24, 2.45) is 0 Å². The van der Waals surface area contributed by atoms with Crippen molar-refractivity contribution in [2.45, 2.75) is 32.5 Å². The van der Waals surface area contributed by atoms with Gasteiger partial charge >= 0.3 is 5.97 Å². The molecule has 0 aromatic heterocycles. The standard InChI is InChI=1S/C13H17NO2/c1-10-13(9-16-11(2)15)14(10)8-12-6-4-3-5-7-12/h3-7,10,13H,8-9H2,1-2H3/t10-,13+,14?/m1/s1. The maximum Gasteiger partial charge on any atom is 0.302 e. The van der Waals surface area contributed by atoms with Crippen molar-refractivity contribution in [2.75, 3.05) is 6.61 Å². The first-order valence-corrected chi connectivity index (χ1v) is 5.61. The zero-order chi connectivity index (χ0) is 11.5. The summed E-state index contributed by atoms with van der Waals surface area (Å²) in [5.74, 6) is -0.196. The van der Waals surface area contributed by atoms with Gasteiger partial charge in [-0.25, -0.2) is 0 Å².